The van der Waals surface area contributed by atoms with Crippen molar-refractivity contribution in [3.63, 3.8) is 0 Å². The summed E-state index contributed by atoms with van der Waals surface area (Å²) in [6.45, 7) is 1.71. The molecule has 24 heavy (non-hydrogen) atoms. The molecule has 3 rings (SSSR count). The fourth-order valence-corrected chi connectivity index (χ4v) is 2.81. The monoisotopic (exact) mass is 347 g/mol. The minimum atomic E-state index is -0.788. The number of hydrogen-bond donors (Lipinski definition) is 2. The molecular weight excluding hydrogens is 333 g/mol. The maximum absolute atomic E-state index is 13.7. The van der Waals surface area contributed by atoms with E-state index in [1.807, 2.05) is 6.07 Å². The largest absolute Gasteiger partial charge is 0.505 e. The third-order valence-corrected chi connectivity index (χ3v) is 4.10. The number of halogens is 1. The third kappa shape index (κ3) is 3.23. The lowest BCUT2D eigenvalue weighted by atomic mass is 10.1. The van der Waals surface area contributed by atoms with E-state index in [2.05, 4.69) is 19.6 Å². The summed E-state index contributed by atoms with van der Waals surface area (Å²) in [5, 5.41) is 19.2. The molecule has 2 aromatic heterocycles. The molecular formula is C15H14FN5O2S. The molecule has 0 bridgehead atoms. The molecule has 3 N–H and O–H groups in total. The Balaban J connectivity index is 2.00. The molecule has 0 saturated heterocycles. The Morgan fingerprint density at radius 3 is 3.04 bits per heavy atom. The summed E-state index contributed by atoms with van der Waals surface area (Å²) in [5.74, 6) is -1.27. The summed E-state index contributed by atoms with van der Waals surface area (Å²) >= 11 is 1.15. The molecule has 1 unspecified atom stereocenters. The number of ether oxygens (including phenoxy) is 1. The molecule has 1 aromatic carbocycles. The molecule has 0 aliphatic heterocycles. The molecule has 0 saturated carbocycles. The van der Waals surface area contributed by atoms with Gasteiger partial charge in [0, 0.05) is 17.8 Å². The highest BCUT2D eigenvalue weighted by molar-refractivity contribution is 7.11. The zero-order valence-corrected chi connectivity index (χ0v) is 13.5. The van der Waals surface area contributed by atoms with Crippen LogP contribution in [-0.2, 0) is 4.74 Å². The minimum absolute atomic E-state index is 0.0129. The van der Waals surface area contributed by atoms with Crippen LogP contribution in [0.3, 0.4) is 0 Å². The van der Waals surface area contributed by atoms with Crippen LogP contribution in [0.1, 0.15) is 18.6 Å². The highest BCUT2D eigenvalue weighted by atomic mass is 32.1. The van der Waals surface area contributed by atoms with E-state index in [1.54, 1.807) is 19.2 Å². The van der Waals surface area contributed by atoms with Crippen LogP contribution in [0, 0.1) is 5.82 Å². The van der Waals surface area contributed by atoms with E-state index in [0.29, 0.717) is 16.2 Å². The van der Waals surface area contributed by atoms with Crippen LogP contribution in [0.2, 0.25) is 0 Å². The summed E-state index contributed by atoms with van der Waals surface area (Å²) in [7, 11) is 0. The third-order valence-electron chi connectivity index (χ3n) is 3.36. The van der Waals surface area contributed by atoms with Crippen molar-refractivity contribution >= 4 is 33.3 Å². The summed E-state index contributed by atoms with van der Waals surface area (Å²) in [5.41, 5.74) is 6.68. The second kappa shape index (κ2) is 6.95. The number of phenolic OH excluding ortho intramolecular Hbond substituents is 1. The number of nitrogens with two attached hydrogens (primary N) is 1. The van der Waals surface area contributed by atoms with Crippen LogP contribution >= 0.6 is 11.5 Å². The molecule has 0 aliphatic rings. The van der Waals surface area contributed by atoms with Gasteiger partial charge < -0.3 is 15.6 Å². The predicted molar refractivity (Wildman–Crippen MR) is 88.2 cm³/mol. The van der Waals surface area contributed by atoms with Crippen LogP contribution < -0.4 is 5.73 Å². The van der Waals surface area contributed by atoms with Gasteiger partial charge in [0.2, 0.25) is 0 Å². The Morgan fingerprint density at radius 2 is 2.25 bits per heavy atom. The van der Waals surface area contributed by atoms with Crippen molar-refractivity contribution in [2.45, 2.75) is 13.0 Å². The van der Waals surface area contributed by atoms with E-state index in [0.717, 1.165) is 23.0 Å². The molecule has 0 radical (unpaired) electrons. The van der Waals surface area contributed by atoms with Crippen molar-refractivity contribution < 1.29 is 14.2 Å². The highest BCUT2D eigenvalue weighted by Crippen LogP contribution is 2.36. The minimum Gasteiger partial charge on any atom is -0.505 e. The average Bonchev–Trinajstić information content (AvgIpc) is 2.99. The van der Waals surface area contributed by atoms with Gasteiger partial charge >= 0.3 is 0 Å². The van der Waals surface area contributed by atoms with Gasteiger partial charge in [-0.2, -0.15) is 4.37 Å². The van der Waals surface area contributed by atoms with Crippen molar-refractivity contribution in [2.24, 2.45) is 16.0 Å². The van der Waals surface area contributed by atoms with Gasteiger partial charge in [0.25, 0.3) is 0 Å². The number of fused-ring (bicyclic) bond motifs is 1. The number of azo groups is 1. The van der Waals surface area contributed by atoms with E-state index >= 15 is 0 Å². The molecule has 0 aliphatic carbocycles. The smallest absolute Gasteiger partial charge is 0.175 e. The molecule has 0 spiro atoms. The lowest BCUT2D eigenvalue weighted by Gasteiger charge is -2.14. The quantitative estimate of drug-likeness (QED) is 0.537. The Morgan fingerprint density at radius 1 is 1.42 bits per heavy atom. The van der Waals surface area contributed by atoms with Crippen LogP contribution in [0.25, 0.3) is 11.0 Å². The Labute approximate surface area is 140 Å². The van der Waals surface area contributed by atoms with E-state index in [-0.39, 0.29) is 12.4 Å². The maximum Gasteiger partial charge on any atom is 0.175 e. The van der Waals surface area contributed by atoms with Crippen molar-refractivity contribution in [2.75, 3.05) is 6.73 Å². The summed E-state index contributed by atoms with van der Waals surface area (Å²) in [4.78, 5) is 4.12. The fourth-order valence-electron chi connectivity index (χ4n) is 2.16. The van der Waals surface area contributed by atoms with Gasteiger partial charge in [0.15, 0.2) is 22.2 Å². The number of nitrogens with zero attached hydrogens (tertiary/aromatic N) is 4. The first-order valence-electron chi connectivity index (χ1n) is 7.06. The Bertz CT molecular complexity index is 899. The highest BCUT2D eigenvalue weighted by Gasteiger charge is 2.15. The standard InChI is InChI=1S/C15H14FN5O2S/c1-8(23-7-17)10-5-13(22)11(16)6-12(10)19-20-15-9-3-2-4-18-14(9)21-24-15/h2-6,8,22H,7,17H2,1H3/b20-19+. The summed E-state index contributed by atoms with van der Waals surface area (Å²) in [6.07, 6.45) is 1.16. The first-order chi connectivity index (χ1) is 11.6. The summed E-state index contributed by atoms with van der Waals surface area (Å²) < 4.78 is 23.2. The van der Waals surface area contributed by atoms with E-state index in [1.165, 1.54) is 6.07 Å². The van der Waals surface area contributed by atoms with Gasteiger partial charge in [-0.05, 0) is 36.7 Å². The number of pyridine rings is 1. The van der Waals surface area contributed by atoms with Gasteiger partial charge in [-0.15, -0.1) is 10.2 Å². The first-order valence-corrected chi connectivity index (χ1v) is 7.83. The second-order valence-corrected chi connectivity index (χ2v) is 5.65. The zero-order chi connectivity index (χ0) is 17.1. The molecule has 0 fully saturated rings. The SMILES string of the molecule is CC(OCN)c1cc(O)c(F)cc1/N=N/c1snc2ncccc12. The van der Waals surface area contributed by atoms with E-state index in [9.17, 15) is 9.50 Å². The van der Waals surface area contributed by atoms with E-state index < -0.39 is 17.7 Å². The molecule has 7 nitrogen and oxygen atoms in total. The van der Waals surface area contributed by atoms with Crippen LogP contribution in [0.4, 0.5) is 15.1 Å². The van der Waals surface area contributed by atoms with Gasteiger partial charge in [0.1, 0.15) is 0 Å². The molecule has 124 valence electrons. The van der Waals surface area contributed by atoms with Crippen LogP contribution in [0.5, 0.6) is 5.75 Å². The van der Waals surface area contributed by atoms with Gasteiger partial charge in [0.05, 0.1) is 23.9 Å². The number of aromatic hydroxyl groups is 1. The number of hydrogen-bond acceptors (Lipinski definition) is 8. The molecule has 2 heterocycles. The zero-order valence-electron chi connectivity index (χ0n) is 12.7. The van der Waals surface area contributed by atoms with Gasteiger partial charge in [-0.3, -0.25) is 0 Å². The molecule has 1 atom stereocenters. The van der Waals surface area contributed by atoms with Crippen molar-refractivity contribution in [3.8, 4) is 5.75 Å². The van der Waals surface area contributed by atoms with Crippen LogP contribution in [-0.4, -0.2) is 21.2 Å². The van der Waals surface area contributed by atoms with E-state index in [4.69, 9.17) is 10.5 Å². The number of phenols is 1. The normalized spacial score (nSPS) is 13.0. The lowest BCUT2D eigenvalue weighted by molar-refractivity contribution is 0.0711. The molecule has 9 heteroatoms. The summed E-state index contributed by atoms with van der Waals surface area (Å²) in [6, 6.07) is 5.97. The number of benzene rings is 1. The molecule has 3 aromatic rings. The predicted octanol–water partition coefficient (Wildman–Crippen LogP) is 3.95. The van der Waals surface area contributed by atoms with Crippen LogP contribution in [0.15, 0.2) is 40.7 Å². The maximum atomic E-state index is 13.7. The van der Waals surface area contributed by atoms with Crippen molar-refractivity contribution in [1.82, 2.24) is 9.36 Å². The second-order valence-electron chi connectivity index (χ2n) is 4.90. The van der Waals surface area contributed by atoms with Crippen molar-refractivity contribution in [1.29, 1.82) is 0 Å². The van der Waals surface area contributed by atoms with Crippen molar-refractivity contribution in [3.05, 3.63) is 41.8 Å². The average molecular weight is 347 g/mol. The first kappa shape index (κ1) is 16.4. The fraction of sp³-hybridized carbons (Fsp3) is 0.200. The lowest BCUT2D eigenvalue weighted by Crippen LogP contribution is -2.08. The number of aromatic nitrogens is 2. The molecule has 0 amide bonds. The van der Waals surface area contributed by atoms with Gasteiger partial charge in [-0.25, -0.2) is 9.37 Å². The van der Waals surface area contributed by atoms with Gasteiger partial charge in [-0.1, -0.05) is 0 Å². The Kier molecular flexibility index (Phi) is 4.74. The Hall–Kier alpha value is -2.49. The topological polar surface area (TPSA) is 106 Å². The number of rotatable bonds is 5.